The van der Waals surface area contributed by atoms with E-state index in [1.54, 1.807) is 0 Å². The summed E-state index contributed by atoms with van der Waals surface area (Å²) in [6, 6.07) is 9.05. The second kappa shape index (κ2) is 11.0. The Hall–Kier alpha value is -5.55. The molecule has 1 atom stereocenters. The number of esters is 1. The van der Waals surface area contributed by atoms with Crippen molar-refractivity contribution in [1.82, 2.24) is 9.97 Å². The zero-order chi connectivity index (χ0) is 30.9. The Kier molecular flexibility index (Phi) is 7.43. The van der Waals surface area contributed by atoms with Crippen molar-refractivity contribution < 1.29 is 37.2 Å². The Bertz CT molecular complexity index is 1650. The Morgan fingerprint density at radius 2 is 1.79 bits per heavy atom. The van der Waals surface area contributed by atoms with Gasteiger partial charge < -0.3 is 20.5 Å². The first-order valence-electron chi connectivity index (χ1n) is 12.5. The number of H-pyrrole nitrogens is 1. The van der Waals surface area contributed by atoms with Crippen molar-refractivity contribution in [2.45, 2.75) is 24.3 Å². The van der Waals surface area contributed by atoms with Crippen LogP contribution in [0, 0.1) is 10.1 Å². The number of alkyl halides is 3. The van der Waals surface area contributed by atoms with Crippen LogP contribution in [0.5, 0.6) is 0 Å². The van der Waals surface area contributed by atoms with Gasteiger partial charge in [0, 0.05) is 30.7 Å². The highest BCUT2D eigenvalue weighted by molar-refractivity contribution is 5.93. The number of nitro groups is 1. The summed E-state index contributed by atoms with van der Waals surface area (Å²) in [5.74, 6) is -1.13. The van der Waals surface area contributed by atoms with Crippen LogP contribution in [0.15, 0.2) is 63.6 Å². The fourth-order valence-corrected chi connectivity index (χ4v) is 4.34. The van der Waals surface area contributed by atoms with Gasteiger partial charge in [0.1, 0.15) is 6.61 Å². The molecule has 0 spiro atoms. The molecular weight excluding hydrogens is 581 g/mol. The highest BCUT2D eigenvalue weighted by Crippen LogP contribution is 2.52. The van der Waals surface area contributed by atoms with Crippen LogP contribution in [0.2, 0.25) is 0 Å². The molecule has 0 radical (unpaired) electrons. The third-order valence-corrected chi connectivity index (χ3v) is 6.61. The molecule has 3 aromatic rings. The van der Waals surface area contributed by atoms with Crippen molar-refractivity contribution in [3.63, 3.8) is 0 Å². The number of carbonyl (C=O) groups is 2. The van der Waals surface area contributed by atoms with Crippen molar-refractivity contribution in [1.29, 1.82) is 0 Å². The summed E-state index contributed by atoms with van der Waals surface area (Å²) in [6.07, 6.45) is -5.50. The van der Waals surface area contributed by atoms with Crippen LogP contribution in [-0.2, 0) is 21.6 Å². The van der Waals surface area contributed by atoms with Crippen LogP contribution in [0.25, 0.3) is 0 Å². The zero-order valence-corrected chi connectivity index (χ0v) is 21.8. The monoisotopic (exact) mass is 602 g/mol. The fraction of sp³-hybridized carbons (Fsp3) is 0.280. The van der Waals surface area contributed by atoms with Gasteiger partial charge in [0.15, 0.2) is 11.5 Å². The molecule has 15 nitrogen and oxygen atoms in total. The Labute approximate surface area is 238 Å². The van der Waals surface area contributed by atoms with Gasteiger partial charge in [-0.3, -0.25) is 24.8 Å². The molecule has 4 N–H and O–H groups in total. The predicted molar refractivity (Wildman–Crippen MR) is 141 cm³/mol. The van der Waals surface area contributed by atoms with Crippen molar-refractivity contribution in [3.05, 3.63) is 85.7 Å². The predicted octanol–water partition coefficient (Wildman–Crippen LogP) is 3.28. The van der Waals surface area contributed by atoms with E-state index in [2.05, 4.69) is 25.5 Å². The molecule has 0 saturated carbocycles. The van der Waals surface area contributed by atoms with Crippen molar-refractivity contribution in [2.75, 3.05) is 35.7 Å². The molecule has 3 heterocycles. The third kappa shape index (κ3) is 5.79. The van der Waals surface area contributed by atoms with E-state index in [1.165, 1.54) is 24.3 Å². The number of nitro benzene ring substituents is 1. The number of amides is 1. The number of hydrogen-bond acceptors (Lipinski definition) is 12. The maximum atomic E-state index is 13.2. The van der Waals surface area contributed by atoms with E-state index in [1.807, 2.05) is 0 Å². The number of carbonyl (C=O) groups excluding carboxylic acids is 2. The van der Waals surface area contributed by atoms with Gasteiger partial charge in [-0.05, 0) is 17.7 Å². The van der Waals surface area contributed by atoms with Crippen LogP contribution >= 0.6 is 0 Å². The van der Waals surface area contributed by atoms with Crippen molar-refractivity contribution in [3.8, 4) is 0 Å². The fourth-order valence-electron chi connectivity index (χ4n) is 4.34. The summed E-state index contributed by atoms with van der Waals surface area (Å²) in [5.41, 5.74) is 2.17. The topological polar surface area (TPSA) is 207 Å². The number of anilines is 3. The first-order valence-corrected chi connectivity index (χ1v) is 12.5. The largest absolute Gasteiger partial charge is 0.460 e. The molecule has 0 bridgehead atoms. The minimum absolute atomic E-state index is 0.0127. The van der Waals surface area contributed by atoms with Crippen LogP contribution in [0.4, 0.5) is 41.1 Å². The van der Waals surface area contributed by atoms with E-state index >= 15 is 0 Å². The molecule has 2 aliphatic rings. The number of aromatic amines is 1. The van der Waals surface area contributed by atoms with Gasteiger partial charge in [-0.2, -0.15) is 18.2 Å². The molecule has 5 rings (SSSR count). The first-order chi connectivity index (χ1) is 20.4. The SMILES string of the molecule is Nc1nc2c(c(=O)[nH]1)N(C(=O)OCCc1ccc([N+](=O)[O-])cc1)C(COC(=O)c1ccc(C3(C(F)(F)F)N=N3)cc1)CN2. The quantitative estimate of drug-likeness (QED) is 0.195. The number of nitrogens with zero attached hydrogens (tertiary/aromatic N) is 5. The Balaban J connectivity index is 1.27. The van der Waals surface area contributed by atoms with Gasteiger partial charge in [-0.25, -0.2) is 9.59 Å². The lowest BCUT2D eigenvalue weighted by molar-refractivity contribution is -0.384. The normalized spacial score (nSPS) is 16.5. The number of non-ortho nitro benzene ring substituents is 1. The summed E-state index contributed by atoms with van der Waals surface area (Å²) in [7, 11) is 0. The molecule has 18 heteroatoms. The van der Waals surface area contributed by atoms with E-state index in [-0.39, 0.29) is 53.8 Å². The highest BCUT2D eigenvalue weighted by Gasteiger charge is 2.65. The Morgan fingerprint density at radius 3 is 2.40 bits per heavy atom. The van der Waals surface area contributed by atoms with E-state index in [0.29, 0.717) is 5.56 Å². The molecule has 1 aromatic heterocycles. The second-order valence-corrected chi connectivity index (χ2v) is 9.39. The number of halogens is 3. The van der Waals surface area contributed by atoms with Crippen LogP contribution < -0.4 is 21.5 Å². The number of nitrogen functional groups attached to an aromatic ring is 1. The summed E-state index contributed by atoms with van der Waals surface area (Å²) in [5, 5.41) is 19.9. The lowest BCUT2D eigenvalue weighted by Gasteiger charge is -2.35. The van der Waals surface area contributed by atoms with Crippen LogP contribution in [0.1, 0.15) is 21.5 Å². The number of ether oxygens (including phenoxy) is 2. The van der Waals surface area contributed by atoms with E-state index in [4.69, 9.17) is 15.2 Å². The first kappa shape index (κ1) is 29.0. The number of nitrogens with two attached hydrogens (primary N) is 1. The molecule has 43 heavy (non-hydrogen) atoms. The minimum atomic E-state index is -4.73. The van der Waals surface area contributed by atoms with Crippen molar-refractivity contribution in [2.24, 2.45) is 10.2 Å². The average Bonchev–Trinajstić information content (AvgIpc) is 3.78. The summed E-state index contributed by atoms with van der Waals surface area (Å²) < 4.78 is 50.4. The highest BCUT2D eigenvalue weighted by atomic mass is 19.4. The number of fused-ring (bicyclic) bond motifs is 1. The summed E-state index contributed by atoms with van der Waals surface area (Å²) >= 11 is 0. The molecule has 2 aromatic carbocycles. The summed E-state index contributed by atoms with van der Waals surface area (Å²) in [6.45, 7) is -0.637. The molecule has 0 aliphatic carbocycles. The molecular formula is C25H21F3N8O7. The van der Waals surface area contributed by atoms with Gasteiger partial charge in [-0.1, -0.05) is 24.3 Å². The van der Waals surface area contributed by atoms with Gasteiger partial charge >= 0.3 is 23.9 Å². The van der Waals surface area contributed by atoms with Gasteiger partial charge in [0.2, 0.25) is 5.95 Å². The van der Waals surface area contributed by atoms with Crippen molar-refractivity contribution >= 4 is 35.2 Å². The standard InChI is InChI=1S/C25H21F3N8O7/c26-25(27,28)24(33-34-24)15-5-3-14(4-6-15)21(38)43-12-17-11-30-19-18(20(37)32-22(29)31-19)35(17)23(39)42-10-9-13-1-7-16(8-2-13)36(40)41/h1-8,17H,9-12H2,(H4,29,30,31,32,37). The molecule has 0 saturated heterocycles. The smallest absolute Gasteiger partial charge is 0.442 e. The maximum absolute atomic E-state index is 13.2. The number of rotatable bonds is 8. The third-order valence-electron chi connectivity index (χ3n) is 6.61. The number of aromatic nitrogens is 2. The average molecular weight is 602 g/mol. The minimum Gasteiger partial charge on any atom is -0.460 e. The molecule has 1 unspecified atom stereocenters. The second-order valence-electron chi connectivity index (χ2n) is 9.39. The molecule has 224 valence electrons. The lowest BCUT2D eigenvalue weighted by Crippen LogP contribution is -2.53. The van der Waals surface area contributed by atoms with E-state index in [0.717, 1.165) is 29.2 Å². The van der Waals surface area contributed by atoms with Gasteiger partial charge in [0.05, 0.1) is 23.1 Å². The summed E-state index contributed by atoms with van der Waals surface area (Å²) in [4.78, 5) is 56.2. The number of benzene rings is 2. The van der Waals surface area contributed by atoms with Crippen LogP contribution in [-0.4, -0.2) is 58.9 Å². The maximum Gasteiger partial charge on any atom is 0.442 e. The number of nitrogens with one attached hydrogen (secondary N) is 2. The lowest BCUT2D eigenvalue weighted by atomic mass is 10.0. The zero-order valence-electron chi connectivity index (χ0n) is 21.8. The van der Waals surface area contributed by atoms with Gasteiger partial charge in [-0.15, -0.1) is 10.2 Å². The van der Waals surface area contributed by atoms with E-state index < -0.39 is 47.0 Å². The van der Waals surface area contributed by atoms with Gasteiger partial charge in [0.25, 0.3) is 11.2 Å². The molecule has 0 fully saturated rings. The molecule has 2 aliphatic heterocycles. The van der Waals surface area contributed by atoms with Crippen LogP contribution in [0.3, 0.4) is 0 Å². The Morgan fingerprint density at radius 1 is 1.12 bits per heavy atom. The molecule has 1 amide bonds. The number of hydrogen-bond donors (Lipinski definition) is 3. The van der Waals surface area contributed by atoms with E-state index in [9.17, 15) is 37.7 Å².